The predicted octanol–water partition coefficient (Wildman–Crippen LogP) is 4.16. The SMILES string of the molecule is C=C/C(C)=C\C(=C(/C)OC)[C@H](Cn1c(=O)n(C(C)(C)C(=O)O)c(=O)c2c(C)c(-n3cccn3)sc21)OC1CCOCC1. The van der Waals surface area contributed by atoms with Crippen LogP contribution in [-0.2, 0) is 31.1 Å². The van der Waals surface area contributed by atoms with Crippen LogP contribution < -0.4 is 11.2 Å². The first-order valence-electron chi connectivity index (χ1n) is 13.7. The molecule has 1 fully saturated rings. The molecule has 0 bridgehead atoms. The van der Waals surface area contributed by atoms with Gasteiger partial charge < -0.3 is 19.3 Å². The lowest BCUT2D eigenvalue weighted by Gasteiger charge is -2.30. The van der Waals surface area contributed by atoms with Crippen molar-refractivity contribution in [3.8, 4) is 5.00 Å². The third-order valence-corrected chi connectivity index (χ3v) is 8.92. The molecule has 226 valence electrons. The molecule has 1 aliphatic heterocycles. The number of methoxy groups -OCH3 is 1. The first kappa shape index (κ1) is 31.2. The first-order chi connectivity index (χ1) is 19.9. The van der Waals surface area contributed by atoms with Gasteiger partial charge in [0.05, 0.1) is 30.9 Å². The monoisotopic (exact) mass is 598 g/mol. The minimum absolute atomic E-state index is 0.00186. The maximum atomic E-state index is 14.2. The Morgan fingerprint density at radius 1 is 1.31 bits per heavy atom. The quantitative estimate of drug-likeness (QED) is 0.258. The summed E-state index contributed by atoms with van der Waals surface area (Å²) in [6.07, 6.45) is 7.53. The van der Waals surface area contributed by atoms with Crippen molar-refractivity contribution in [1.29, 1.82) is 0 Å². The van der Waals surface area contributed by atoms with Gasteiger partial charge >= 0.3 is 11.7 Å². The predicted molar refractivity (Wildman–Crippen MR) is 162 cm³/mol. The smallest absolute Gasteiger partial charge is 0.333 e. The van der Waals surface area contributed by atoms with E-state index in [0.717, 1.165) is 10.1 Å². The summed E-state index contributed by atoms with van der Waals surface area (Å²) < 4.78 is 21.8. The van der Waals surface area contributed by atoms with Crippen molar-refractivity contribution in [2.75, 3.05) is 20.3 Å². The minimum atomic E-state index is -1.82. The van der Waals surface area contributed by atoms with Crippen molar-refractivity contribution in [2.45, 2.75) is 71.8 Å². The van der Waals surface area contributed by atoms with E-state index in [1.165, 1.54) is 29.8 Å². The maximum Gasteiger partial charge on any atom is 0.333 e. The number of hydrogen-bond acceptors (Lipinski definition) is 8. The molecule has 1 aliphatic rings. The molecule has 4 heterocycles. The van der Waals surface area contributed by atoms with Crippen LogP contribution in [0.25, 0.3) is 15.2 Å². The molecule has 1 N–H and O–H groups in total. The van der Waals surface area contributed by atoms with Crippen molar-refractivity contribution in [3.05, 3.63) is 80.5 Å². The summed E-state index contributed by atoms with van der Waals surface area (Å²) >= 11 is 1.24. The van der Waals surface area contributed by atoms with Gasteiger partial charge in [-0.3, -0.25) is 9.36 Å². The lowest BCUT2D eigenvalue weighted by atomic mass is 10.0. The van der Waals surface area contributed by atoms with Crippen molar-refractivity contribution < 1.29 is 24.1 Å². The highest BCUT2D eigenvalue weighted by molar-refractivity contribution is 7.21. The molecule has 1 saturated heterocycles. The second kappa shape index (κ2) is 12.6. The van der Waals surface area contributed by atoms with Crippen LogP contribution in [0.2, 0.25) is 0 Å². The van der Waals surface area contributed by atoms with Gasteiger partial charge in [-0.1, -0.05) is 35.6 Å². The van der Waals surface area contributed by atoms with E-state index in [1.807, 2.05) is 19.9 Å². The number of carbonyl (C=O) groups is 1. The molecule has 1 atom stereocenters. The van der Waals surface area contributed by atoms with Gasteiger partial charge in [0.15, 0.2) is 0 Å². The lowest BCUT2D eigenvalue weighted by Crippen LogP contribution is -2.53. The Balaban J connectivity index is 2.03. The van der Waals surface area contributed by atoms with Gasteiger partial charge in [0.25, 0.3) is 5.56 Å². The fraction of sp³-hybridized carbons (Fsp3) is 0.467. The molecule has 42 heavy (non-hydrogen) atoms. The number of rotatable bonds is 11. The highest BCUT2D eigenvalue weighted by Gasteiger charge is 2.36. The molecule has 4 rings (SSSR count). The van der Waals surface area contributed by atoms with E-state index in [-0.39, 0.29) is 18.0 Å². The van der Waals surface area contributed by atoms with Gasteiger partial charge in [0.2, 0.25) is 0 Å². The Morgan fingerprint density at radius 3 is 2.57 bits per heavy atom. The number of carboxylic acid groups (broad SMARTS) is 1. The molecule has 0 aromatic carbocycles. The van der Waals surface area contributed by atoms with Crippen LogP contribution in [-0.4, -0.2) is 62.5 Å². The number of aliphatic carboxylic acids is 1. The standard InChI is InChI=1S/C30H38N4O7S/c1-8-18(2)16-22(20(4)39-7)23(41-21-10-14-40-15-11-21)17-32-27-24(19(3)26(42-27)33-13-9-12-31-33)25(35)34(29(32)38)30(5,6)28(36)37/h8-9,12-13,16,21,23H,1,10-11,14-15,17H2,2-7H3,(H,36,37)/b18-16-,22-20-/t23-/m0/s1. The maximum absolute atomic E-state index is 14.2. The molecule has 0 radical (unpaired) electrons. The summed E-state index contributed by atoms with van der Waals surface area (Å²) in [5.74, 6) is -0.709. The normalized spacial score (nSPS) is 16.4. The van der Waals surface area contributed by atoms with E-state index < -0.39 is 28.9 Å². The Hall–Kier alpha value is -3.74. The largest absolute Gasteiger partial charge is 0.501 e. The van der Waals surface area contributed by atoms with Crippen LogP contribution in [0, 0.1) is 6.92 Å². The van der Waals surface area contributed by atoms with Gasteiger partial charge in [-0.2, -0.15) is 5.10 Å². The molecular formula is C30H38N4O7S. The Morgan fingerprint density at radius 2 is 2.00 bits per heavy atom. The molecular weight excluding hydrogens is 560 g/mol. The van der Waals surface area contributed by atoms with Crippen LogP contribution >= 0.6 is 11.3 Å². The molecule has 0 saturated carbocycles. The number of aryl methyl sites for hydroxylation is 1. The van der Waals surface area contributed by atoms with Crippen LogP contribution in [0.4, 0.5) is 0 Å². The van der Waals surface area contributed by atoms with E-state index in [9.17, 15) is 19.5 Å². The first-order valence-corrected chi connectivity index (χ1v) is 14.6. The summed E-state index contributed by atoms with van der Waals surface area (Å²) in [5.41, 5.74) is -1.06. The summed E-state index contributed by atoms with van der Waals surface area (Å²) in [7, 11) is 1.57. The highest BCUT2D eigenvalue weighted by Crippen LogP contribution is 2.32. The zero-order valence-corrected chi connectivity index (χ0v) is 25.7. The van der Waals surface area contributed by atoms with E-state index >= 15 is 0 Å². The van der Waals surface area contributed by atoms with Gasteiger partial charge in [-0.25, -0.2) is 18.8 Å². The number of thiophene rings is 1. The average Bonchev–Trinajstić information content (AvgIpc) is 3.61. The van der Waals surface area contributed by atoms with Crippen molar-refractivity contribution in [2.24, 2.45) is 0 Å². The Bertz CT molecular complexity index is 1650. The van der Waals surface area contributed by atoms with E-state index in [4.69, 9.17) is 14.2 Å². The van der Waals surface area contributed by atoms with E-state index in [2.05, 4.69) is 11.7 Å². The summed E-state index contributed by atoms with van der Waals surface area (Å²) in [5, 5.41) is 15.3. The van der Waals surface area contributed by atoms with Gasteiger partial charge in [0.1, 0.15) is 21.5 Å². The third-order valence-electron chi connectivity index (χ3n) is 7.62. The zero-order chi connectivity index (χ0) is 30.8. The number of hydrogen-bond donors (Lipinski definition) is 1. The fourth-order valence-corrected chi connectivity index (χ4v) is 6.21. The molecule has 0 amide bonds. The average molecular weight is 599 g/mol. The van der Waals surface area contributed by atoms with Crippen LogP contribution in [0.5, 0.6) is 0 Å². The second-order valence-corrected chi connectivity index (χ2v) is 11.8. The Labute approximate surface area is 247 Å². The Kier molecular flexibility index (Phi) is 9.39. The molecule has 3 aromatic heterocycles. The lowest BCUT2D eigenvalue weighted by molar-refractivity contribution is -0.146. The molecule has 0 spiro atoms. The molecule has 0 unspecified atom stereocenters. The van der Waals surface area contributed by atoms with Gasteiger partial charge in [-0.15, -0.1) is 0 Å². The summed E-state index contributed by atoms with van der Waals surface area (Å²) in [4.78, 5) is 40.9. The number of carboxylic acids is 1. The number of fused-ring (bicyclic) bond motifs is 1. The van der Waals surface area contributed by atoms with Gasteiger partial charge in [0, 0.05) is 36.7 Å². The molecule has 0 aliphatic carbocycles. The van der Waals surface area contributed by atoms with Crippen LogP contribution in [0.15, 0.2) is 63.7 Å². The molecule has 3 aromatic rings. The number of aromatic nitrogens is 4. The number of allylic oxidation sites excluding steroid dienone is 3. The van der Waals surface area contributed by atoms with Gasteiger partial charge in [-0.05, 0) is 53.5 Å². The minimum Gasteiger partial charge on any atom is -0.501 e. The summed E-state index contributed by atoms with van der Waals surface area (Å²) in [6, 6.07) is 1.76. The molecule has 11 nitrogen and oxygen atoms in total. The van der Waals surface area contributed by atoms with E-state index in [0.29, 0.717) is 52.8 Å². The van der Waals surface area contributed by atoms with Crippen molar-refractivity contribution in [3.63, 3.8) is 0 Å². The molecule has 12 heteroatoms. The number of nitrogens with zero attached hydrogens (tertiary/aromatic N) is 4. The highest BCUT2D eigenvalue weighted by atomic mass is 32.1. The van der Waals surface area contributed by atoms with Crippen LogP contribution in [0.3, 0.4) is 0 Å². The number of ether oxygens (including phenoxy) is 3. The summed E-state index contributed by atoms with van der Waals surface area (Å²) in [6.45, 7) is 13.2. The van der Waals surface area contributed by atoms with Crippen LogP contribution in [0.1, 0.15) is 46.1 Å². The van der Waals surface area contributed by atoms with Crippen molar-refractivity contribution >= 4 is 27.5 Å². The second-order valence-electron chi connectivity index (χ2n) is 10.8. The van der Waals surface area contributed by atoms with E-state index in [1.54, 1.807) is 43.3 Å². The topological polar surface area (TPSA) is 127 Å². The third kappa shape index (κ3) is 5.92. The fourth-order valence-electron chi connectivity index (χ4n) is 4.96. The zero-order valence-electron chi connectivity index (χ0n) is 24.9. The van der Waals surface area contributed by atoms with Crippen molar-refractivity contribution in [1.82, 2.24) is 18.9 Å².